The number of nitrogens with zero attached hydrogens (tertiary/aromatic N) is 5. The van der Waals surface area contributed by atoms with Crippen LogP contribution in [0.25, 0.3) is 0 Å². The Balaban J connectivity index is 1.99. The molecule has 0 atom stereocenters. The fraction of sp³-hybridized carbons (Fsp3) is 0.316. The number of rotatable bonds is 6. The van der Waals surface area contributed by atoms with E-state index >= 15 is 0 Å². The molecule has 3 heterocycles. The number of aryl methyl sites for hydroxylation is 2. The van der Waals surface area contributed by atoms with Crippen molar-refractivity contribution in [3.63, 3.8) is 0 Å². The first-order valence-electron chi connectivity index (χ1n) is 8.61. The van der Waals surface area contributed by atoms with E-state index in [2.05, 4.69) is 15.1 Å². The number of carbonyl (C=O) groups excluding carboxylic acids is 2. The van der Waals surface area contributed by atoms with Gasteiger partial charge < -0.3 is 9.64 Å². The number of methoxy groups -OCH3 is 1. The molecule has 0 spiro atoms. The molecule has 0 aliphatic heterocycles. The summed E-state index contributed by atoms with van der Waals surface area (Å²) >= 11 is 1.47. The highest BCUT2D eigenvalue weighted by Gasteiger charge is 2.25. The third kappa shape index (κ3) is 3.94. The van der Waals surface area contributed by atoms with Gasteiger partial charge in [-0.1, -0.05) is 0 Å². The molecule has 0 unspecified atom stereocenters. The Labute approximate surface area is 166 Å². The van der Waals surface area contributed by atoms with Crippen LogP contribution in [0, 0.1) is 13.8 Å². The predicted octanol–water partition coefficient (Wildman–Crippen LogP) is 2.52. The van der Waals surface area contributed by atoms with Crippen molar-refractivity contribution in [1.29, 1.82) is 0 Å². The zero-order valence-corrected chi connectivity index (χ0v) is 17.0. The lowest BCUT2D eigenvalue weighted by Crippen LogP contribution is -2.32. The highest BCUT2D eigenvalue weighted by Crippen LogP contribution is 2.21. The Kier molecular flexibility index (Phi) is 5.84. The lowest BCUT2D eigenvalue weighted by Gasteiger charge is -2.23. The number of aromatic nitrogens is 4. The molecule has 0 fully saturated rings. The molecule has 3 rings (SSSR count). The summed E-state index contributed by atoms with van der Waals surface area (Å²) in [6.45, 7) is 4.54. The molecule has 0 aromatic carbocycles. The maximum absolute atomic E-state index is 13.4. The molecule has 0 aliphatic rings. The topological polar surface area (TPSA) is 90.2 Å². The summed E-state index contributed by atoms with van der Waals surface area (Å²) in [5.74, 6) is -0.889. The maximum Gasteiger partial charge on any atom is 0.338 e. The zero-order chi connectivity index (χ0) is 20.3. The number of carbonyl (C=O) groups is 2. The van der Waals surface area contributed by atoms with Gasteiger partial charge in [0.05, 0.1) is 37.0 Å². The first-order valence-corrected chi connectivity index (χ1v) is 9.49. The van der Waals surface area contributed by atoms with Crippen molar-refractivity contribution in [1.82, 2.24) is 24.6 Å². The van der Waals surface area contributed by atoms with Crippen LogP contribution in [0.1, 0.15) is 42.7 Å². The van der Waals surface area contributed by atoms with Gasteiger partial charge in [0.1, 0.15) is 5.01 Å². The van der Waals surface area contributed by atoms with Gasteiger partial charge in [-0.25, -0.2) is 9.78 Å². The third-order valence-corrected chi connectivity index (χ3v) is 5.33. The number of hydrogen-bond donors (Lipinski definition) is 0. The summed E-state index contributed by atoms with van der Waals surface area (Å²) in [6, 6.07) is 1.49. The van der Waals surface area contributed by atoms with Crippen LogP contribution in [0.2, 0.25) is 0 Å². The van der Waals surface area contributed by atoms with E-state index in [-0.39, 0.29) is 17.0 Å². The molecule has 0 saturated carbocycles. The second-order valence-electron chi connectivity index (χ2n) is 6.27. The van der Waals surface area contributed by atoms with Crippen LogP contribution < -0.4 is 0 Å². The normalized spacial score (nSPS) is 10.7. The monoisotopic (exact) mass is 399 g/mol. The van der Waals surface area contributed by atoms with Crippen LogP contribution >= 0.6 is 11.3 Å². The standard InChI is InChI=1S/C19H21N5O3S/c1-12-16(13(2)23(3)22-12)10-24(11-17-21-7-8-28-17)18(25)15-9-20-6-5-14(15)19(26)27-4/h5-9H,10-11H2,1-4H3. The quantitative estimate of drug-likeness (QED) is 0.592. The van der Waals surface area contributed by atoms with E-state index in [1.54, 1.807) is 15.8 Å². The van der Waals surface area contributed by atoms with Gasteiger partial charge in [0.15, 0.2) is 0 Å². The van der Waals surface area contributed by atoms with Crippen LogP contribution in [0.3, 0.4) is 0 Å². The number of ether oxygens (including phenoxy) is 1. The number of pyridine rings is 1. The van der Waals surface area contributed by atoms with Crippen molar-refractivity contribution in [2.45, 2.75) is 26.9 Å². The summed E-state index contributed by atoms with van der Waals surface area (Å²) < 4.78 is 6.60. The molecule has 3 aromatic rings. The Hall–Kier alpha value is -3.07. The van der Waals surface area contributed by atoms with Crippen molar-refractivity contribution in [3.8, 4) is 0 Å². The zero-order valence-electron chi connectivity index (χ0n) is 16.2. The minimum atomic E-state index is -0.575. The van der Waals surface area contributed by atoms with Gasteiger partial charge in [-0.05, 0) is 19.9 Å². The van der Waals surface area contributed by atoms with Crippen molar-refractivity contribution in [3.05, 3.63) is 63.1 Å². The number of amides is 1. The lowest BCUT2D eigenvalue weighted by molar-refractivity contribution is 0.0588. The van der Waals surface area contributed by atoms with E-state index in [0.717, 1.165) is 22.0 Å². The Morgan fingerprint density at radius 3 is 2.61 bits per heavy atom. The van der Waals surface area contributed by atoms with Gasteiger partial charge >= 0.3 is 5.97 Å². The van der Waals surface area contributed by atoms with Crippen LogP contribution in [0.15, 0.2) is 30.0 Å². The minimum absolute atomic E-state index is 0.186. The van der Waals surface area contributed by atoms with E-state index in [9.17, 15) is 9.59 Å². The Morgan fingerprint density at radius 2 is 2.00 bits per heavy atom. The molecular formula is C19H21N5O3S. The number of hydrogen-bond acceptors (Lipinski definition) is 7. The first kappa shape index (κ1) is 19.7. The van der Waals surface area contributed by atoms with E-state index in [4.69, 9.17) is 4.74 Å². The largest absolute Gasteiger partial charge is 0.465 e. The highest BCUT2D eigenvalue weighted by molar-refractivity contribution is 7.09. The van der Waals surface area contributed by atoms with Gasteiger partial charge in [0.25, 0.3) is 5.91 Å². The molecule has 3 aromatic heterocycles. The van der Waals surface area contributed by atoms with Gasteiger partial charge in [-0.3, -0.25) is 14.5 Å². The molecule has 1 amide bonds. The lowest BCUT2D eigenvalue weighted by atomic mass is 10.1. The number of thiazole rings is 1. The van der Waals surface area contributed by atoms with E-state index in [1.807, 2.05) is 26.3 Å². The van der Waals surface area contributed by atoms with Crippen molar-refractivity contribution in [2.24, 2.45) is 7.05 Å². The molecule has 146 valence electrons. The molecule has 28 heavy (non-hydrogen) atoms. The minimum Gasteiger partial charge on any atom is -0.465 e. The van der Waals surface area contributed by atoms with E-state index in [0.29, 0.717) is 13.1 Å². The maximum atomic E-state index is 13.4. The fourth-order valence-electron chi connectivity index (χ4n) is 2.95. The molecule has 9 heteroatoms. The van der Waals surface area contributed by atoms with Crippen molar-refractivity contribution in [2.75, 3.05) is 7.11 Å². The third-order valence-electron chi connectivity index (χ3n) is 4.56. The van der Waals surface area contributed by atoms with Crippen LogP contribution in [0.5, 0.6) is 0 Å². The molecular weight excluding hydrogens is 378 g/mol. The van der Waals surface area contributed by atoms with Crippen LogP contribution in [-0.4, -0.2) is 43.6 Å². The molecule has 0 radical (unpaired) electrons. The average Bonchev–Trinajstić information content (AvgIpc) is 3.29. The van der Waals surface area contributed by atoms with Gasteiger partial charge in [0, 0.05) is 42.3 Å². The summed E-state index contributed by atoms with van der Waals surface area (Å²) in [6.07, 6.45) is 4.56. The average molecular weight is 399 g/mol. The van der Waals surface area contributed by atoms with Gasteiger partial charge in [-0.15, -0.1) is 11.3 Å². The summed E-state index contributed by atoms with van der Waals surface area (Å²) in [4.78, 5) is 35.4. The summed E-state index contributed by atoms with van der Waals surface area (Å²) in [5, 5.41) is 7.10. The molecule has 0 bridgehead atoms. The second kappa shape index (κ2) is 8.30. The Morgan fingerprint density at radius 1 is 1.21 bits per heavy atom. The van der Waals surface area contributed by atoms with Gasteiger partial charge in [-0.2, -0.15) is 5.10 Å². The summed E-state index contributed by atoms with van der Waals surface area (Å²) in [7, 11) is 3.15. The Bertz CT molecular complexity index is 997. The van der Waals surface area contributed by atoms with Crippen LogP contribution in [-0.2, 0) is 24.9 Å². The first-order chi connectivity index (χ1) is 13.4. The molecule has 8 nitrogen and oxygen atoms in total. The summed E-state index contributed by atoms with van der Waals surface area (Å²) in [5.41, 5.74) is 3.19. The molecule has 0 aliphatic carbocycles. The SMILES string of the molecule is COC(=O)c1ccncc1C(=O)N(Cc1nccs1)Cc1c(C)nn(C)c1C. The predicted molar refractivity (Wildman–Crippen MR) is 104 cm³/mol. The van der Waals surface area contributed by atoms with E-state index in [1.165, 1.54) is 36.9 Å². The van der Waals surface area contributed by atoms with Crippen molar-refractivity contribution < 1.29 is 14.3 Å². The van der Waals surface area contributed by atoms with Crippen LogP contribution in [0.4, 0.5) is 0 Å². The smallest absolute Gasteiger partial charge is 0.338 e. The second-order valence-corrected chi connectivity index (χ2v) is 7.25. The highest BCUT2D eigenvalue weighted by atomic mass is 32.1. The fourth-order valence-corrected chi connectivity index (χ4v) is 3.59. The van der Waals surface area contributed by atoms with Gasteiger partial charge in [0.2, 0.25) is 0 Å². The molecule has 0 N–H and O–H groups in total. The number of esters is 1. The van der Waals surface area contributed by atoms with Crippen molar-refractivity contribution >= 4 is 23.2 Å². The van der Waals surface area contributed by atoms with E-state index < -0.39 is 5.97 Å². The molecule has 0 saturated heterocycles.